The van der Waals surface area contributed by atoms with Crippen LogP contribution in [-0.4, -0.2) is 0 Å². The van der Waals surface area contributed by atoms with E-state index in [1.807, 2.05) is 13.8 Å². The molecule has 0 amide bonds. The van der Waals surface area contributed by atoms with Gasteiger partial charge in [0.2, 0.25) is 0 Å². The number of halogens is 1. The first-order valence-corrected chi connectivity index (χ1v) is 2.56. The van der Waals surface area contributed by atoms with Crippen molar-refractivity contribution in [3.05, 3.63) is 11.9 Å². The molecule has 0 N–H and O–H groups in total. The van der Waals surface area contributed by atoms with Crippen LogP contribution in [0.2, 0.25) is 0 Å². The Hall–Kier alpha value is -0.330. The van der Waals surface area contributed by atoms with Crippen molar-refractivity contribution in [2.24, 2.45) is 0 Å². The Bertz CT molecular complexity index is 42.1. The van der Waals surface area contributed by atoms with Crippen LogP contribution in [-0.2, 0) is 0 Å². The van der Waals surface area contributed by atoms with E-state index in [1.54, 1.807) is 6.92 Å². The molecule has 0 spiro atoms. The molecule has 0 rings (SSSR count). The summed E-state index contributed by atoms with van der Waals surface area (Å²) in [5, 5.41) is 0. The molecule has 0 atom stereocenters. The highest BCUT2D eigenvalue weighted by molar-refractivity contribution is 4.80. The topological polar surface area (TPSA) is 0 Å². The largest absolute Gasteiger partial charge is 0.213 e. The zero-order valence-electron chi connectivity index (χ0n) is 5.46. The third-order valence-corrected chi connectivity index (χ3v) is 0.398. The van der Waals surface area contributed by atoms with E-state index in [9.17, 15) is 4.39 Å². The van der Waals surface area contributed by atoms with Crippen molar-refractivity contribution in [3.8, 4) is 0 Å². The first kappa shape index (κ1) is 9.83. The predicted molar refractivity (Wildman–Crippen MR) is 31.9 cm³/mol. The zero-order valence-corrected chi connectivity index (χ0v) is 5.46. The molecule has 0 saturated heterocycles. The van der Waals surface area contributed by atoms with E-state index in [0.717, 1.165) is 0 Å². The highest BCUT2D eigenvalue weighted by Gasteiger charge is 1.66. The van der Waals surface area contributed by atoms with Crippen molar-refractivity contribution in [1.29, 1.82) is 0 Å². The zero-order chi connectivity index (χ0) is 6.28. The van der Waals surface area contributed by atoms with Crippen molar-refractivity contribution >= 4 is 0 Å². The van der Waals surface area contributed by atoms with Gasteiger partial charge in [0.25, 0.3) is 0 Å². The first-order chi connectivity index (χ1) is 3.27. The lowest BCUT2D eigenvalue weighted by molar-refractivity contribution is 0.638. The molecule has 0 heterocycles. The minimum Gasteiger partial charge on any atom is -0.213 e. The third kappa shape index (κ3) is 27.4. The molecule has 0 fully saturated rings. The Morgan fingerprint density at radius 3 is 1.57 bits per heavy atom. The van der Waals surface area contributed by atoms with Crippen LogP contribution < -0.4 is 0 Å². The second kappa shape index (κ2) is 9.18. The van der Waals surface area contributed by atoms with E-state index in [-0.39, 0.29) is 5.83 Å². The molecule has 0 aromatic rings. The molecular weight excluding hydrogens is 91.1 g/mol. The first-order valence-electron chi connectivity index (χ1n) is 2.56. The van der Waals surface area contributed by atoms with E-state index < -0.39 is 0 Å². The van der Waals surface area contributed by atoms with Gasteiger partial charge in [-0.1, -0.05) is 19.9 Å². The normalized spacial score (nSPS) is 9.57. The van der Waals surface area contributed by atoms with Gasteiger partial charge < -0.3 is 0 Å². The molecule has 0 aromatic heterocycles. The molecule has 0 bridgehead atoms. The molecule has 0 saturated carbocycles. The van der Waals surface area contributed by atoms with Gasteiger partial charge in [-0.05, 0) is 13.8 Å². The monoisotopic (exact) mass is 104 g/mol. The second-order valence-corrected chi connectivity index (χ2v) is 0.875. The summed E-state index contributed by atoms with van der Waals surface area (Å²) in [7, 11) is 0. The Morgan fingerprint density at radius 2 is 1.57 bits per heavy atom. The summed E-state index contributed by atoms with van der Waals surface area (Å²) in [5.41, 5.74) is 0. The van der Waals surface area contributed by atoms with Crippen molar-refractivity contribution < 1.29 is 4.39 Å². The highest BCUT2D eigenvalue weighted by atomic mass is 19.1. The van der Waals surface area contributed by atoms with E-state index in [0.29, 0.717) is 0 Å². The fourth-order valence-electron chi connectivity index (χ4n) is 0. The average Bonchev–Trinajstić information content (AvgIpc) is 1.73. The maximum Gasteiger partial charge on any atom is 0.0926 e. The summed E-state index contributed by atoms with van der Waals surface area (Å²) in [6.07, 6.45) is 1.42. The number of hydrogen-bond donors (Lipinski definition) is 0. The number of allylic oxidation sites excluding steroid dienone is 2. The van der Waals surface area contributed by atoms with Crippen molar-refractivity contribution in [3.63, 3.8) is 0 Å². The van der Waals surface area contributed by atoms with Crippen molar-refractivity contribution in [2.75, 3.05) is 0 Å². The van der Waals surface area contributed by atoms with Gasteiger partial charge in [-0.3, -0.25) is 0 Å². The Morgan fingerprint density at radius 1 is 1.43 bits per heavy atom. The fourth-order valence-corrected chi connectivity index (χ4v) is 0. The SMILES string of the molecule is C/C=C(\C)F.CC. The van der Waals surface area contributed by atoms with Crippen LogP contribution in [0, 0.1) is 0 Å². The summed E-state index contributed by atoms with van der Waals surface area (Å²) in [6, 6.07) is 0. The summed E-state index contributed by atoms with van der Waals surface area (Å²) >= 11 is 0. The quantitative estimate of drug-likeness (QED) is 0.443. The van der Waals surface area contributed by atoms with E-state index in [2.05, 4.69) is 0 Å². The van der Waals surface area contributed by atoms with Crippen LogP contribution in [0.15, 0.2) is 11.9 Å². The predicted octanol–water partition coefficient (Wildman–Crippen LogP) is 2.91. The summed E-state index contributed by atoms with van der Waals surface area (Å²) in [5.74, 6) is -0.120. The molecule has 0 aliphatic rings. The van der Waals surface area contributed by atoms with Crippen LogP contribution in [0.3, 0.4) is 0 Å². The van der Waals surface area contributed by atoms with Crippen molar-refractivity contribution in [2.45, 2.75) is 27.7 Å². The van der Waals surface area contributed by atoms with Gasteiger partial charge in [0.05, 0.1) is 5.83 Å². The molecule has 7 heavy (non-hydrogen) atoms. The van der Waals surface area contributed by atoms with Crippen LogP contribution in [0.25, 0.3) is 0 Å². The van der Waals surface area contributed by atoms with E-state index >= 15 is 0 Å². The lowest BCUT2D eigenvalue weighted by Crippen LogP contribution is -1.48. The molecule has 0 aliphatic carbocycles. The van der Waals surface area contributed by atoms with Crippen LogP contribution in [0.5, 0.6) is 0 Å². The fraction of sp³-hybridized carbons (Fsp3) is 0.667. The van der Waals surface area contributed by atoms with Crippen LogP contribution >= 0.6 is 0 Å². The highest BCUT2D eigenvalue weighted by Crippen LogP contribution is 1.87. The van der Waals surface area contributed by atoms with Gasteiger partial charge in [-0.15, -0.1) is 0 Å². The summed E-state index contributed by atoms with van der Waals surface area (Å²) in [4.78, 5) is 0. The maximum atomic E-state index is 11.3. The molecule has 1 heteroatoms. The van der Waals surface area contributed by atoms with Gasteiger partial charge >= 0.3 is 0 Å². The maximum absolute atomic E-state index is 11.3. The molecule has 0 unspecified atom stereocenters. The Balaban J connectivity index is 0. The van der Waals surface area contributed by atoms with Crippen LogP contribution in [0.1, 0.15) is 27.7 Å². The van der Waals surface area contributed by atoms with Gasteiger partial charge in [0.15, 0.2) is 0 Å². The molecule has 0 aliphatic heterocycles. The van der Waals surface area contributed by atoms with Gasteiger partial charge in [-0.2, -0.15) is 0 Å². The standard InChI is InChI=1S/C4H7F.C2H6/c1-3-4(2)5;1-2/h3H,1-2H3;1-2H3/b4-3+;. The average molecular weight is 104 g/mol. The van der Waals surface area contributed by atoms with Crippen molar-refractivity contribution in [1.82, 2.24) is 0 Å². The molecular formula is C6H13F. The number of rotatable bonds is 0. The molecule has 44 valence electrons. The van der Waals surface area contributed by atoms with E-state index in [4.69, 9.17) is 0 Å². The summed E-state index contributed by atoms with van der Waals surface area (Å²) < 4.78 is 11.3. The number of hydrogen-bond acceptors (Lipinski definition) is 0. The smallest absolute Gasteiger partial charge is 0.0926 e. The lowest BCUT2D eigenvalue weighted by Gasteiger charge is -1.68. The second-order valence-electron chi connectivity index (χ2n) is 0.875. The lowest BCUT2D eigenvalue weighted by atomic mass is 10.6. The molecule has 0 nitrogen and oxygen atoms in total. The van der Waals surface area contributed by atoms with Gasteiger partial charge in [0, 0.05) is 0 Å². The molecule has 0 radical (unpaired) electrons. The third-order valence-electron chi connectivity index (χ3n) is 0.398. The minimum absolute atomic E-state index is 0.120. The van der Waals surface area contributed by atoms with Gasteiger partial charge in [-0.25, -0.2) is 4.39 Å². The Labute approximate surface area is 45.0 Å². The molecule has 0 aromatic carbocycles. The van der Waals surface area contributed by atoms with E-state index in [1.165, 1.54) is 13.0 Å². The van der Waals surface area contributed by atoms with Crippen LogP contribution in [0.4, 0.5) is 4.39 Å². The summed E-state index contributed by atoms with van der Waals surface area (Å²) in [6.45, 7) is 7.08. The minimum atomic E-state index is -0.120. The Kier molecular flexibility index (Phi) is 12.9. The van der Waals surface area contributed by atoms with Gasteiger partial charge in [0.1, 0.15) is 0 Å².